The lowest BCUT2D eigenvalue weighted by atomic mass is 10.2. The molecule has 10 heteroatoms. The predicted molar refractivity (Wildman–Crippen MR) is 136 cm³/mol. The van der Waals surface area contributed by atoms with Gasteiger partial charge in [-0.1, -0.05) is 25.2 Å². The molecule has 0 N–H and O–H groups in total. The molecule has 1 atom stereocenters. The monoisotopic (exact) mass is 519 g/mol. The molecule has 4 rings (SSSR count). The normalized spacial score (nSPS) is 16.3. The average molecular weight is 520 g/mol. The first kappa shape index (κ1) is 25.7. The highest BCUT2D eigenvalue weighted by molar-refractivity contribution is 7.89. The van der Waals surface area contributed by atoms with Crippen LogP contribution in [0.4, 0.5) is 9.52 Å². The number of carbonyl (C=O) groups excluding carboxylic acids is 1. The first-order chi connectivity index (χ1) is 16.8. The Balaban J connectivity index is 1.63. The van der Waals surface area contributed by atoms with E-state index in [4.69, 9.17) is 4.74 Å². The van der Waals surface area contributed by atoms with Crippen molar-refractivity contribution in [2.75, 3.05) is 31.1 Å². The number of thiazole rings is 1. The van der Waals surface area contributed by atoms with E-state index in [1.54, 1.807) is 23.1 Å². The third-order valence-electron chi connectivity index (χ3n) is 5.91. The Morgan fingerprint density at radius 2 is 1.86 bits per heavy atom. The van der Waals surface area contributed by atoms with Crippen LogP contribution in [0.25, 0.3) is 10.2 Å². The number of hydrogen-bond donors (Lipinski definition) is 0. The summed E-state index contributed by atoms with van der Waals surface area (Å²) in [6, 6.07) is 10.4. The Labute approximate surface area is 209 Å². The van der Waals surface area contributed by atoms with E-state index in [0.29, 0.717) is 47.2 Å². The Morgan fingerprint density at radius 3 is 2.49 bits per heavy atom. The molecule has 3 aromatic rings. The molecule has 0 bridgehead atoms. The fourth-order valence-corrected chi connectivity index (χ4v) is 6.79. The molecular weight excluding hydrogens is 489 g/mol. The van der Waals surface area contributed by atoms with E-state index < -0.39 is 10.0 Å². The molecule has 2 heterocycles. The van der Waals surface area contributed by atoms with Gasteiger partial charge in [-0.3, -0.25) is 9.69 Å². The van der Waals surface area contributed by atoms with Crippen LogP contribution in [0.5, 0.6) is 0 Å². The number of ether oxygens (including phenoxy) is 1. The number of anilines is 1. The van der Waals surface area contributed by atoms with Gasteiger partial charge in [-0.15, -0.1) is 0 Å². The lowest BCUT2D eigenvalue weighted by Gasteiger charge is -2.23. The Hall–Kier alpha value is -2.40. The predicted octanol–water partition coefficient (Wildman–Crippen LogP) is 5.07. The summed E-state index contributed by atoms with van der Waals surface area (Å²) in [5, 5.41) is 0.458. The molecule has 0 radical (unpaired) electrons. The Bertz CT molecular complexity index is 1270. The fourth-order valence-electron chi connectivity index (χ4n) is 4.17. The number of hydrogen-bond acceptors (Lipinski definition) is 6. The van der Waals surface area contributed by atoms with E-state index in [-0.39, 0.29) is 22.7 Å². The second-order valence-electron chi connectivity index (χ2n) is 8.59. The number of halogens is 1. The van der Waals surface area contributed by atoms with Crippen LogP contribution < -0.4 is 4.90 Å². The van der Waals surface area contributed by atoms with Crippen LogP contribution in [0.15, 0.2) is 47.4 Å². The molecule has 0 saturated carbocycles. The standard InChI is InChI=1S/C25H30FN3O4S2/c1-3-13-28(14-4-2)35(31,32)21-10-7-18(8-11-21)24(30)29(17-20-6-5-15-33-20)25-27-22-12-9-19(26)16-23(22)34-25/h7-12,16,20H,3-6,13-15,17H2,1-2H3. The third kappa shape index (κ3) is 5.72. The summed E-state index contributed by atoms with van der Waals surface area (Å²) in [4.78, 5) is 19.9. The van der Waals surface area contributed by atoms with E-state index in [1.807, 2.05) is 13.8 Å². The van der Waals surface area contributed by atoms with Crippen molar-refractivity contribution in [3.05, 3.63) is 53.8 Å². The van der Waals surface area contributed by atoms with Crippen molar-refractivity contribution in [2.45, 2.75) is 50.5 Å². The average Bonchev–Trinajstić information content (AvgIpc) is 3.51. The number of carbonyl (C=O) groups is 1. The number of benzene rings is 2. The van der Waals surface area contributed by atoms with Gasteiger partial charge in [0.15, 0.2) is 5.13 Å². The van der Waals surface area contributed by atoms with Crippen LogP contribution in [-0.2, 0) is 14.8 Å². The quantitative estimate of drug-likeness (QED) is 0.374. The highest BCUT2D eigenvalue weighted by atomic mass is 32.2. The van der Waals surface area contributed by atoms with Gasteiger partial charge >= 0.3 is 0 Å². The minimum atomic E-state index is -3.64. The van der Waals surface area contributed by atoms with Gasteiger partial charge in [0.1, 0.15) is 5.82 Å². The van der Waals surface area contributed by atoms with Gasteiger partial charge < -0.3 is 4.74 Å². The smallest absolute Gasteiger partial charge is 0.260 e. The number of fused-ring (bicyclic) bond motifs is 1. The molecule has 1 unspecified atom stereocenters. The second-order valence-corrected chi connectivity index (χ2v) is 11.5. The summed E-state index contributed by atoms with van der Waals surface area (Å²) < 4.78 is 47.8. The molecular formula is C25H30FN3O4S2. The fraction of sp³-hybridized carbons (Fsp3) is 0.440. The van der Waals surface area contributed by atoms with Gasteiger partial charge in [-0.05, 0) is 68.1 Å². The highest BCUT2D eigenvalue weighted by Gasteiger charge is 2.28. The highest BCUT2D eigenvalue weighted by Crippen LogP contribution is 2.31. The molecule has 35 heavy (non-hydrogen) atoms. The number of aromatic nitrogens is 1. The summed E-state index contributed by atoms with van der Waals surface area (Å²) in [5.41, 5.74) is 0.967. The van der Waals surface area contributed by atoms with Crippen LogP contribution in [0.2, 0.25) is 0 Å². The van der Waals surface area contributed by atoms with Gasteiger partial charge in [0.25, 0.3) is 5.91 Å². The molecule has 1 fully saturated rings. The Morgan fingerprint density at radius 1 is 1.14 bits per heavy atom. The zero-order valence-corrected chi connectivity index (χ0v) is 21.6. The third-order valence-corrected chi connectivity index (χ3v) is 8.86. The second kappa shape index (κ2) is 11.1. The van der Waals surface area contributed by atoms with Crippen molar-refractivity contribution in [1.29, 1.82) is 0 Å². The first-order valence-electron chi connectivity index (χ1n) is 11.9. The zero-order chi connectivity index (χ0) is 25.0. The van der Waals surface area contributed by atoms with Gasteiger partial charge in [-0.2, -0.15) is 4.31 Å². The number of rotatable bonds is 10. The van der Waals surface area contributed by atoms with E-state index >= 15 is 0 Å². The SMILES string of the molecule is CCCN(CCC)S(=O)(=O)c1ccc(C(=O)N(CC2CCCO2)c2nc3ccc(F)cc3s2)cc1. The van der Waals surface area contributed by atoms with Crippen molar-refractivity contribution in [1.82, 2.24) is 9.29 Å². The zero-order valence-electron chi connectivity index (χ0n) is 19.9. The minimum Gasteiger partial charge on any atom is -0.376 e. The van der Waals surface area contributed by atoms with Gasteiger partial charge in [0, 0.05) is 25.3 Å². The number of nitrogens with zero attached hydrogens (tertiary/aromatic N) is 3. The van der Waals surface area contributed by atoms with Crippen LogP contribution in [0.1, 0.15) is 49.9 Å². The molecule has 1 amide bonds. The van der Waals surface area contributed by atoms with E-state index in [1.165, 1.54) is 39.9 Å². The van der Waals surface area contributed by atoms with Crippen LogP contribution in [-0.4, -0.2) is 56.0 Å². The maximum absolute atomic E-state index is 13.7. The largest absolute Gasteiger partial charge is 0.376 e. The van der Waals surface area contributed by atoms with Crippen LogP contribution in [0, 0.1) is 5.82 Å². The van der Waals surface area contributed by atoms with Crippen molar-refractivity contribution in [3.63, 3.8) is 0 Å². The molecule has 1 saturated heterocycles. The molecule has 0 aliphatic carbocycles. The summed E-state index contributed by atoms with van der Waals surface area (Å²) in [6.07, 6.45) is 3.10. The Kier molecular flexibility index (Phi) is 8.16. The molecule has 7 nitrogen and oxygen atoms in total. The molecule has 1 aromatic heterocycles. The first-order valence-corrected chi connectivity index (χ1v) is 14.2. The van der Waals surface area contributed by atoms with E-state index in [0.717, 1.165) is 25.7 Å². The summed E-state index contributed by atoms with van der Waals surface area (Å²) >= 11 is 1.24. The van der Waals surface area contributed by atoms with Gasteiger partial charge in [-0.25, -0.2) is 17.8 Å². The number of sulfonamides is 1. The number of amides is 1. The van der Waals surface area contributed by atoms with Crippen molar-refractivity contribution in [2.24, 2.45) is 0 Å². The van der Waals surface area contributed by atoms with Gasteiger partial charge in [0.2, 0.25) is 10.0 Å². The summed E-state index contributed by atoms with van der Waals surface area (Å²) in [7, 11) is -3.64. The lowest BCUT2D eigenvalue weighted by Crippen LogP contribution is -2.37. The van der Waals surface area contributed by atoms with Crippen molar-refractivity contribution >= 4 is 42.6 Å². The van der Waals surface area contributed by atoms with Crippen LogP contribution >= 0.6 is 11.3 Å². The van der Waals surface area contributed by atoms with E-state index in [2.05, 4.69) is 4.98 Å². The van der Waals surface area contributed by atoms with E-state index in [9.17, 15) is 17.6 Å². The molecule has 1 aliphatic rings. The lowest BCUT2D eigenvalue weighted by molar-refractivity contribution is 0.0917. The summed E-state index contributed by atoms with van der Waals surface area (Å²) in [6.45, 7) is 5.75. The molecule has 1 aliphatic heterocycles. The topological polar surface area (TPSA) is 79.8 Å². The minimum absolute atomic E-state index is 0.112. The molecule has 0 spiro atoms. The maximum atomic E-state index is 13.7. The maximum Gasteiger partial charge on any atom is 0.260 e. The van der Waals surface area contributed by atoms with Crippen LogP contribution in [0.3, 0.4) is 0 Å². The summed E-state index contributed by atoms with van der Waals surface area (Å²) in [5.74, 6) is -0.662. The van der Waals surface area contributed by atoms with Crippen molar-refractivity contribution in [3.8, 4) is 0 Å². The molecule has 188 valence electrons. The van der Waals surface area contributed by atoms with Crippen molar-refractivity contribution < 1.29 is 22.3 Å². The van der Waals surface area contributed by atoms with Gasteiger partial charge in [0.05, 0.1) is 27.8 Å². The molecule has 2 aromatic carbocycles.